The van der Waals surface area contributed by atoms with Crippen molar-refractivity contribution in [1.82, 2.24) is 0 Å². The van der Waals surface area contributed by atoms with Crippen molar-refractivity contribution in [2.75, 3.05) is 0 Å². The monoisotopic (exact) mass is 232 g/mol. The van der Waals surface area contributed by atoms with Crippen molar-refractivity contribution in [3.05, 3.63) is 30.3 Å². The minimum absolute atomic E-state index is 0. The van der Waals surface area contributed by atoms with E-state index in [1.54, 1.807) is 24.3 Å². The first kappa shape index (κ1) is 15.8. The van der Waals surface area contributed by atoms with Gasteiger partial charge in [0.05, 0.1) is 0 Å². The van der Waals surface area contributed by atoms with Crippen molar-refractivity contribution in [3.63, 3.8) is 0 Å². The first-order chi connectivity index (χ1) is 5.39. The van der Waals surface area contributed by atoms with Crippen LogP contribution < -0.4 is 0 Å². The third-order valence-corrected chi connectivity index (χ3v) is 0.756. The minimum atomic E-state index is -4.61. The maximum absolute atomic E-state index is 8.63. The zero-order chi connectivity index (χ0) is 9.61. The molecule has 0 heterocycles. The van der Waals surface area contributed by atoms with E-state index in [-0.39, 0.29) is 37.7 Å². The number of aromatic hydroxyl groups is 1. The van der Waals surface area contributed by atoms with Gasteiger partial charge < -0.3 is 24.3 Å². The molecular formula is C6H12CaO5Si. The van der Waals surface area contributed by atoms with Crippen molar-refractivity contribution in [2.24, 2.45) is 0 Å². The van der Waals surface area contributed by atoms with Gasteiger partial charge in [-0.15, -0.1) is 0 Å². The number of benzene rings is 1. The number of para-hydroxylation sites is 1. The summed E-state index contributed by atoms with van der Waals surface area (Å²) in [6.45, 7) is 0. The Balaban J connectivity index is 0. The topological polar surface area (TPSA) is 101 Å². The van der Waals surface area contributed by atoms with Gasteiger partial charge in [0.15, 0.2) is 0 Å². The van der Waals surface area contributed by atoms with Crippen LogP contribution in [0.2, 0.25) is 0 Å². The van der Waals surface area contributed by atoms with Gasteiger partial charge in [-0.2, -0.15) is 0 Å². The predicted octanol–water partition coefficient (Wildman–Crippen LogP) is -2.13. The van der Waals surface area contributed by atoms with Gasteiger partial charge in [0.25, 0.3) is 0 Å². The van der Waals surface area contributed by atoms with Crippen molar-refractivity contribution in [1.29, 1.82) is 0 Å². The molecule has 0 aliphatic rings. The molecule has 0 radical (unpaired) electrons. The molecule has 72 valence electrons. The second kappa shape index (κ2) is 7.71. The fraction of sp³-hybridized carbons (Fsp3) is 0. The van der Waals surface area contributed by atoms with Crippen molar-refractivity contribution < 1.29 is 24.3 Å². The second-order valence-corrected chi connectivity index (χ2v) is 3.14. The van der Waals surface area contributed by atoms with E-state index >= 15 is 0 Å². The molecule has 7 heteroatoms. The molecule has 0 amide bonds. The van der Waals surface area contributed by atoms with Crippen LogP contribution in [0.1, 0.15) is 0 Å². The normalized spacial score (nSPS) is 9.23. The summed E-state index contributed by atoms with van der Waals surface area (Å²) in [5.74, 6) is 0.322. The van der Waals surface area contributed by atoms with Crippen LogP contribution in [0.5, 0.6) is 5.75 Å². The molecule has 0 unspecified atom stereocenters. The van der Waals surface area contributed by atoms with Gasteiger partial charge in [0.2, 0.25) is 0 Å². The molecule has 0 atom stereocenters. The maximum atomic E-state index is 8.63. The molecule has 1 aromatic carbocycles. The van der Waals surface area contributed by atoms with Gasteiger partial charge in [0, 0.05) is 0 Å². The Morgan fingerprint density at radius 2 is 1.15 bits per heavy atom. The summed E-state index contributed by atoms with van der Waals surface area (Å²) in [5.41, 5.74) is 0. The molecule has 0 saturated carbocycles. The van der Waals surface area contributed by atoms with Gasteiger partial charge in [-0.3, -0.25) is 0 Å². The van der Waals surface area contributed by atoms with Gasteiger partial charge in [-0.05, 0) is 12.1 Å². The molecule has 5 N–H and O–H groups in total. The molecular weight excluding hydrogens is 220 g/mol. The Bertz CT molecular complexity index is 206. The van der Waals surface area contributed by atoms with Gasteiger partial charge in [0.1, 0.15) is 5.75 Å². The molecule has 0 aliphatic carbocycles. The standard InChI is InChI=1S/C6H6O.Ca.H4O4Si.2H/c7-6-4-2-1-3-5-6;;1-5(2,3)4;;/h1-5,7H;;1-4H;;. The van der Waals surface area contributed by atoms with Crippen LogP contribution in [-0.4, -0.2) is 71.1 Å². The number of hydrogen-bond acceptors (Lipinski definition) is 5. The SMILES string of the molecule is O[Si](O)(O)O.Oc1ccccc1.[CaH2]. The summed E-state index contributed by atoms with van der Waals surface area (Å²) in [6, 6.07) is 8.71. The number of phenolic OH excluding ortho intramolecular Hbond substituents is 1. The first-order valence-corrected chi connectivity index (χ1v) is 4.82. The average Bonchev–Trinajstić information content (AvgIpc) is 1.85. The van der Waals surface area contributed by atoms with Crippen molar-refractivity contribution in [3.8, 4) is 5.75 Å². The van der Waals surface area contributed by atoms with E-state index in [1.165, 1.54) is 0 Å². The summed E-state index contributed by atoms with van der Waals surface area (Å²) >= 11 is 0. The van der Waals surface area contributed by atoms with Crippen LogP contribution in [0.4, 0.5) is 0 Å². The summed E-state index contributed by atoms with van der Waals surface area (Å²) < 4.78 is 0. The van der Waals surface area contributed by atoms with Crippen LogP contribution in [-0.2, 0) is 0 Å². The van der Waals surface area contributed by atoms with E-state index in [2.05, 4.69) is 0 Å². The Kier molecular flexibility index (Phi) is 9.37. The van der Waals surface area contributed by atoms with Gasteiger partial charge >= 0.3 is 46.8 Å². The Morgan fingerprint density at radius 1 is 0.846 bits per heavy atom. The van der Waals surface area contributed by atoms with Gasteiger partial charge in [-0.1, -0.05) is 18.2 Å². The van der Waals surface area contributed by atoms with Crippen LogP contribution in [0.15, 0.2) is 30.3 Å². The van der Waals surface area contributed by atoms with Crippen molar-refractivity contribution >= 4 is 46.8 Å². The van der Waals surface area contributed by atoms with Crippen LogP contribution in [0.3, 0.4) is 0 Å². The van der Waals surface area contributed by atoms with E-state index in [0.717, 1.165) is 0 Å². The Labute approximate surface area is 106 Å². The van der Waals surface area contributed by atoms with E-state index in [4.69, 9.17) is 24.3 Å². The molecule has 0 saturated heterocycles. The first-order valence-electron chi connectivity index (χ1n) is 3.03. The third-order valence-electron chi connectivity index (χ3n) is 0.756. The molecule has 0 fully saturated rings. The van der Waals surface area contributed by atoms with Crippen LogP contribution in [0, 0.1) is 0 Å². The number of rotatable bonds is 0. The molecule has 0 aliphatic heterocycles. The van der Waals surface area contributed by atoms with Crippen LogP contribution >= 0.6 is 0 Å². The molecule has 0 bridgehead atoms. The summed E-state index contributed by atoms with van der Waals surface area (Å²) in [6.07, 6.45) is 0. The van der Waals surface area contributed by atoms with E-state index < -0.39 is 9.05 Å². The van der Waals surface area contributed by atoms with E-state index in [9.17, 15) is 0 Å². The molecule has 1 aromatic rings. The Morgan fingerprint density at radius 3 is 1.31 bits per heavy atom. The molecule has 13 heavy (non-hydrogen) atoms. The van der Waals surface area contributed by atoms with Crippen LogP contribution in [0.25, 0.3) is 0 Å². The zero-order valence-electron chi connectivity index (χ0n) is 6.12. The Hall–Kier alpha value is 0.337. The second-order valence-electron chi connectivity index (χ2n) is 1.94. The third kappa shape index (κ3) is 19.0. The molecule has 0 aromatic heterocycles. The fourth-order valence-corrected chi connectivity index (χ4v) is 0.428. The number of hydrogen-bond donors (Lipinski definition) is 5. The summed E-state index contributed by atoms with van der Waals surface area (Å²) in [5, 5.41) is 8.63. The predicted molar refractivity (Wildman–Crippen MR) is 51.3 cm³/mol. The molecule has 0 spiro atoms. The number of phenols is 1. The zero-order valence-corrected chi connectivity index (χ0v) is 7.12. The van der Waals surface area contributed by atoms with Crippen molar-refractivity contribution in [2.45, 2.75) is 0 Å². The van der Waals surface area contributed by atoms with Gasteiger partial charge in [-0.25, -0.2) is 0 Å². The summed E-state index contributed by atoms with van der Waals surface area (Å²) in [4.78, 5) is 29.3. The van der Waals surface area contributed by atoms with E-state index in [1.807, 2.05) is 6.07 Å². The fourth-order valence-electron chi connectivity index (χ4n) is 0.428. The molecule has 1 rings (SSSR count). The average molecular weight is 232 g/mol. The summed E-state index contributed by atoms with van der Waals surface area (Å²) in [7, 11) is -4.61. The molecule has 5 nitrogen and oxygen atoms in total. The van der Waals surface area contributed by atoms with E-state index in [0.29, 0.717) is 5.75 Å². The quantitative estimate of drug-likeness (QED) is 0.329.